The predicted molar refractivity (Wildman–Crippen MR) is 70.7 cm³/mol. The van der Waals surface area contributed by atoms with E-state index in [1.165, 1.54) is 7.11 Å². The first-order valence-corrected chi connectivity index (χ1v) is 5.55. The van der Waals surface area contributed by atoms with Crippen LogP contribution >= 0.6 is 0 Å². The summed E-state index contributed by atoms with van der Waals surface area (Å²) in [6, 6.07) is 1.78. The molecule has 6 nitrogen and oxygen atoms in total. The molecule has 0 saturated heterocycles. The normalized spacial score (nSPS) is 9.72. The fourth-order valence-corrected chi connectivity index (χ4v) is 1.35. The maximum absolute atomic E-state index is 11.2. The van der Waals surface area contributed by atoms with Gasteiger partial charge in [-0.05, 0) is 6.92 Å². The second kappa shape index (κ2) is 6.58. The maximum Gasteiger partial charge on any atom is 0.325 e. The van der Waals surface area contributed by atoms with Gasteiger partial charge in [-0.3, -0.25) is 4.79 Å². The highest BCUT2D eigenvalue weighted by atomic mass is 16.5. The number of carbonyl (C=O) groups excluding carboxylic acids is 1. The number of aromatic nitrogens is 2. The van der Waals surface area contributed by atoms with Crippen LogP contribution in [0.3, 0.4) is 0 Å². The number of nitrogens with zero attached hydrogens (tertiary/aromatic N) is 3. The van der Waals surface area contributed by atoms with E-state index in [-0.39, 0.29) is 12.5 Å². The van der Waals surface area contributed by atoms with Crippen molar-refractivity contribution in [1.29, 1.82) is 0 Å². The fraction of sp³-hybridized carbons (Fsp3) is 0.417. The van der Waals surface area contributed by atoms with E-state index in [0.29, 0.717) is 24.0 Å². The lowest BCUT2D eigenvalue weighted by atomic mass is 10.4. The van der Waals surface area contributed by atoms with Crippen molar-refractivity contribution < 1.29 is 9.53 Å². The molecular formula is C12H18N4O2. The number of hydrogen-bond donors (Lipinski definition) is 1. The standard InChI is InChI=1S/C12H18N4O2/c1-5-6-13-10-7-11(15-9(2)14-10)16(3)8-12(17)18-4/h5,7H,1,6,8H2,2-4H3,(H,13,14,15). The largest absolute Gasteiger partial charge is 0.468 e. The molecule has 0 atom stereocenters. The lowest BCUT2D eigenvalue weighted by molar-refractivity contribution is -0.138. The summed E-state index contributed by atoms with van der Waals surface area (Å²) in [7, 11) is 3.13. The van der Waals surface area contributed by atoms with E-state index in [1.54, 1.807) is 31.0 Å². The molecule has 0 amide bonds. The highest BCUT2D eigenvalue weighted by Gasteiger charge is 2.10. The Morgan fingerprint density at radius 3 is 2.94 bits per heavy atom. The van der Waals surface area contributed by atoms with Gasteiger partial charge in [0.25, 0.3) is 0 Å². The summed E-state index contributed by atoms with van der Waals surface area (Å²) in [5, 5.41) is 3.09. The summed E-state index contributed by atoms with van der Waals surface area (Å²) < 4.78 is 4.61. The van der Waals surface area contributed by atoms with Crippen LogP contribution in [0, 0.1) is 6.92 Å². The van der Waals surface area contributed by atoms with Gasteiger partial charge in [-0.15, -0.1) is 6.58 Å². The highest BCUT2D eigenvalue weighted by Crippen LogP contribution is 2.14. The topological polar surface area (TPSA) is 67.4 Å². The van der Waals surface area contributed by atoms with Gasteiger partial charge in [-0.25, -0.2) is 9.97 Å². The number of methoxy groups -OCH3 is 1. The van der Waals surface area contributed by atoms with Crippen LogP contribution in [0.2, 0.25) is 0 Å². The van der Waals surface area contributed by atoms with Gasteiger partial charge in [0, 0.05) is 19.7 Å². The molecule has 0 aliphatic rings. The summed E-state index contributed by atoms with van der Waals surface area (Å²) in [4.78, 5) is 21.4. The minimum absolute atomic E-state index is 0.147. The van der Waals surface area contributed by atoms with Crippen molar-refractivity contribution in [3.8, 4) is 0 Å². The van der Waals surface area contributed by atoms with Crippen LogP contribution in [-0.2, 0) is 9.53 Å². The molecular weight excluding hydrogens is 232 g/mol. The quantitative estimate of drug-likeness (QED) is 0.600. The van der Waals surface area contributed by atoms with Crippen molar-refractivity contribution in [2.45, 2.75) is 6.92 Å². The molecule has 0 aromatic carbocycles. The van der Waals surface area contributed by atoms with Gasteiger partial charge < -0.3 is 15.0 Å². The molecule has 0 fully saturated rings. The van der Waals surface area contributed by atoms with Crippen LogP contribution in [0.15, 0.2) is 18.7 Å². The number of hydrogen-bond acceptors (Lipinski definition) is 6. The summed E-state index contributed by atoms with van der Waals surface area (Å²) in [5.74, 6) is 1.69. The van der Waals surface area contributed by atoms with Gasteiger partial charge in [0.2, 0.25) is 0 Å². The molecule has 0 bridgehead atoms. The number of ether oxygens (including phenoxy) is 1. The minimum Gasteiger partial charge on any atom is -0.468 e. The number of aryl methyl sites for hydroxylation is 1. The zero-order chi connectivity index (χ0) is 13.5. The average Bonchev–Trinajstić information content (AvgIpc) is 2.35. The molecule has 18 heavy (non-hydrogen) atoms. The molecule has 1 rings (SSSR count). The van der Waals surface area contributed by atoms with Crippen molar-refractivity contribution >= 4 is 17.6 Å². The van der Waals surface area contributed by atoms with Crippen molar-refractivity contribution in [1.82, 2.24) is 9.97 Å². The Morgan fingerprint density at radius 1 is 1.61 bits per heavy atom. The Balaban J connectivity index is 2.83. The van der Waals surface area contributed by atoms with Crippen LogP contribution in [0.1, 0.15) is 5.82 Å². The smallest absolute Gasteiger partial charge is 0.325 e. The molecule has 0 unspecified atom stereocenters. The zero-order valence-corrected chi connectivity index (χ0v) is 10.9. The van der Waals surface area contributed by atoms with Gasteiger partial charge in [0.1, 0.15) is 24.0 Å². The number of likely N-dealkylation sites (N-methyl/N-ethyl adjacent to an activating group) is 1. The van der Waals surface area contributed by atoms with Crippen LogP contribution in [0.4, 0.5) is 11.6 Å². The van der Waals surface area contributed by atoms with E-state index in [9.17, 15) is 4.79 Å². The first kappa shape index (κ1) is 14.0. The SMILES string of the molecule is C=CCNc1cc(N(C)CC(=O)OC)nc(C)n1. The zero-order valence-electron chi connectivity index (χ0n) is 10.9. The number of anilines is 2. The fourth-order valence-electron chi connectivity index (χ4n) is 1.35. The maximum atomic E-state index is 11.2. The molecule has 1 heterocycles. The first-order chi connectivity index (χ1) is 8.56. The third-order valence-corrected chi connectivity index (χ3v) is 2.24. The van der Waals surface area contributed by atoms with Crippen molar-refractivity contribution in [2.24, 2.45) is 0 Å². The summed E-state index contributed by atoms with van der Waals surface area (Å²) >= 11 is 0. The summed E-state index contributed by atoms with van der Waals surface area (Å²) in [5.41, 5.74) is 0. The lowest BCUT2D eigenvalue weighted by Gasteiger charge is -2.17. The number of esters is 1. The highest BCUT2D eigenvalue weighted by molar-refractivity contribution is 5.75. The third kappa shape index (κ3) is 4.04. The molecule has 0 spiro atoms. The first-order valence-electron chi connectivity index (χ1n) is 5.55. The van der Waals surface area contributed by atoms with Gasteiger partial charge in [-0.1, -0.05) is 6.08 Å². The van der Waals surface area contributed by atoms with Crippen LogP contribution in [-0.4, -0.2) is 43.2 Å². The molecule has 98 valence electrons. The molecule has 0 aliphatic carbocycles. The predicted octanol–water partition coefficient (Wildman–Crippen LogP) is 0.992. The van der Waals surface area contributed by atoms with E-state index in [1.807, 2.05) is 0 Å². The number of carbonyl (C=O) groups is 1. The van der Waals surface area contributed by atoms with Crippen molar-refractivity contribution in [2.75, 3.05) is 37.5 Å². The summed E-state index contributed by atoms with van der Waals surface area (Å²) in [6.45, 7) is 6.20. The van der Waals surface area contributed by atoms with E-state index in [0.717, 1.165) is 0 Å². The van der Waals surface area contributed by atoms with E-state index in [2.05, 4.69) is 26.6 Å². The molecule has 0 aliphatic heterocycles. The van der Waals surface area contributed by atoms with E-state index >= 15 is 0 Å². The monoisotopic (exact) mass is 250 g/mol. The Labute approximate surface area is 107 Å². The van der Waals surface area contributed by atoms with Crippen LogP contribution in [0.25, 0.3) is 0 Å². The Morgan fingerprint density at radius 2 is 2.33 bits per heavy atom. The van der Waals surface area contributed by atoms with Crippen LogP contribution < -0.4 is 10.2 Å². The molecule has 1 aromatic rings. The lowest BCUT2D eigenvalue weighted by Crippen LogP contribution is -2.27. The minimum atomic E-state index is -0.311. The second-order valence-electron chi connectivity index (χ2n) is 3.76. The van der Waals surface area contributed by atoms with Crippen molar-refractivity contribution in [3.63, 3.8) is 0 Å². The average molecular weight is 250 g/mol. The second-order valence-corrected chi connectivity index (χ2v) is 3.76. The van der Waals surface area contributed by atoms with Crippen LogP contribution in [0.5, 0.6) is 0 Å². The van der Waals surface area contributed by atoms with Gasteiger partial charge in [0.05, 0.1) is 7.11 Å². The van der Waals surface area contributed by atoms with Gasteiger partial charge in [-0.2, -0.15) is 0 Å². The van der Waals surface area contributed by atoms with Gasteiger partial charge >= 0.3 is 5.97 Å². The Bertz CT molecular complexity index is 434. The van der Waals surface area contributed by atoms with Crippen molar-refractivity contribution in [3.05, 3.63) is 24.5 Å². The molecule has 1 aromatic heterocycles. The summed E-state index contributed by atoms with van der Waals surface area (Å²) in [6.07, 6.45) is 1.75. The molecule has 6 heteroatoms. The van der Waals surface area contributed by atoms with E-state index < -0.39 is 0 Å². The number of nitrogens with one attached hydrogen (secondary N) is 1. The third-order valence-electron chi connectivity index (χ3n) is 2.24. The molecule has 0 saturated carbocycles. The number of rotatable bonds is 6. The Hall–Kier alpha value is -2.11. The molecule has 0 radical (unpaired) electrons. The Kier molecular flexibility index (Phi) is 5.10. The van der Waals surface area contributed by atoms with Gasteiger partial charge in [0.15, 0.2) is 0 Å². The van der Waals surface area contributed by atoms with E-state index in [4.69, 9.17) is 0 Å². The molecule has 1 N–H and O–H groups in total.